The Bertz CT molecular complexity index is 1040. The van der Waals surface area contributed by atoms with Gasteiger partial charge in [-0.25, -0.2) is 4.79 Å². The molecule has 0 fully saturated rings. The number of aryl methyl sites for hydroxylation is 1. The molecular weight excluding hydrogens is 440 g/mol. The summed E-state index contributed by atoms with van der Waals surface area (Å²) in [5.74, 6) is -1.69. The zero-order valence-electron chi connectivity index (χ0n) is 19.5. The highest BCUT2D eigenvalue weighted by Gasteiger charge is 2.38. The van der Waals surface area contributed by atoms with Gasteiger partial charge in [0.05, 0.1) is 20.3 Å². The van der Waals surface area contributed by atoms with Gasteiger partial charge < -0.3 is 24.6 Å². The molecule has 0 spiro atoms. The lowest BCUT2D eigenvalue weighted by Crippen LogP contribution is -2.56. The first-order valence-electron chi connectivity index (χ1n) is 11.0. The minimum atomic E-state index is -1.13. The number of carbonyl (C=O) groups excluding carboxylic acids is 1. The van der Waals surface area contributed by atoms with E-state index >= 15 is 0 Å². The van der Waals surface area contributed by atoms with Crippen molar-refractivity contribution >= 4 is 17.8 Å². The highest BCUT2D eigenvalue weighted by atomic mass is 16.5. The van der Waals surface area contributed by atoms with Gasteiger partial charge in [-0.15, -0.1) is 0 Å². The number of nitrogens with one attached hydrogen (secondary N) is 1. The summed E-state index contributed by atoms with van der Waals surface area (Å²) in [6, 6.07) is 10.0. The van der Waals surface area contributed by atoms with Crippen LogP contribution >= 0.6 is 0 Å². The zero-order chi connectivity index (χ0) is 24.8. The Hall–Kier alpha value is -3.59. The third kappa shape index (κ3) is 5.66. The van der Waals surface area contributed by atoms with Gasteiger partial charge >= 0.3 is 11.9 Å². The maximum atomic E-state index is 13.3. The summed E-state index contributed by atoms with van der Waals surface area (Å²) in [5, 5.41) is 22.4. The number of carbonyl (C=O) groups is 3. The summed E-state index contributed by atoms with van der Waals surface area (Å²) in [5.41, 5.74) is 2.52. The van der Waals surface area contributed by atoms with Crippen molar-refractivity contribution in [3.63, 3.8) is 0 Å². The second-order valence-corrected chi connectivity index (χ2v) is 8.30. The van der Waals surface area contributed by atoms with Crippen molar-refractivity contribution in [1.82, 2.24) is 10.2 Å². The average molecular weight is 471 g/mol. The van der Waals surface area contributed by atoms with Crippen LogP contribution in [0.15, 0.2) is 42.5 Å². The molecule has 9 nitrogen and oxygen atoms in total. The van der Waals surface area contributed by atoms with Crippen molar-refractivity contribution in [2.24, 2.45) is 0 Å². The normalized spacial score (nSPS) is 16.8. The number of rotatable bonds is 10. The van der Waals surface area contributed by atoms with E-state index < -0.39 is 36.0 Å². The van der Waals surface area contributed by atoms with Crippen LogP contribution in [0.3, 0.4) is 0 Å². The second-order valence-electron chi connectivity index (χ2n) is 8.30. The van der Waals surface area contributed by atoms with Crippen LogP contribution in [0.25, 0.3) is 0 Å². The molecule has 2 aromatic carbocycles. The maximum Gasteiger partial charge on any atom is 0.326 e. The van der Waals surface area contributed by atoms with Crippen LogP contribution in [0, 0.1) is 0 Å². The van der Waals surface area contributed by atoms with Gasteiger partial charge in [-0.1, -0.05) is 30.3 Å². The van der Waals surface area contributed by atoms with Gasteiger partial charge in [0.25, 0.3) is 0 Å². The quantitative estimate of drug-likeness (QED) is 0.482. The summed E-state index contributed by atoms with van der Waals surface area (Å²) in [4.78, 5) is 38.4. The van der Waals surface area contributed by atoms with E-state index in [4.69, 9.17) is 9.47 Å². The molecule has 1 amide bonds. The molecule has 2 aromatic rings. The number of hydrogen-bond acceptors (Lipinski definition) is 6. The molecule has 3 N–H and O–H groups in total. The van der Waals surface area contributed by atoms with E-state index in [9.17, 15) is 24.6 Å². The highest BCUT2D eigenvalue weighted by Crippen LogP contribution is 2.35. The maximum absolute atomic E-state index is 13.3. The largest absolute Gasteiger partial charge is 0.493 e. The molecule has 0 bridgehead atoms. The van der Waals surface area contributed by atoms with E-state index in [-0.39, 0.29) is 13.0 Å². The van der Waals surface area contributed by atoms with E-state index in [1.165, 1.54) is 19.1 Å². The van der Waals surface area contributed by atoms with Crippen molar-refractivity contribution < 1.29 is 34.1 Å². The lowest BCUT2D eigenvalue weighted by molar-refractivity contribution is -0.152. The van der Waals surface area contributed by atoms with Crippen LogP contribution in [0.4, 0.5) is 0 Å². The highest BCUT2D eigenvalue weighted by molar-refractivity contribution is 5.88. The van der Waals surface area contributed by atoms with Gasteiger partial charge in [-0.3, -0.25) is 14.9 Å². The number of hydrogen-bond donors (Lipinski definition) is 3. The van der Waals surface area contributed by atoms with E-state index in [1.54, 1.807) is 19.1 Å². The first kappa shape index (κ1) is 25.0. The number of ether oxygens (including phenoxy) is 2. The molecule has 9 heteroatoms. The van der Waals surface area contributed by atoms with Crippen LogP contribution in [-0.4, -0.2) is 65.3 Å². The molecule has 0 radical (unpaired) electrons. The predicted octanol–water partition coefficient (Wildman–Crippen LogP) is 2.11. The molecule has 1 unspecified atom stereocenters. The van der Waals surface area contributed by atoms with Crippen LogP contribution in [0.5, 0.6) is 11.5 Å². The Morgan fingerprint density at radius 1 is 1.06 bits per heavy atom. The molecule has 1 aliphatic heterocycles. The van der Waals surface area contributed by atoms with Gasteiger partial charge in [-0.2, -0.15) is 0 Å². The second kappa shape index (κ2) is 11.0. The van der Waals surface area contributed by atoms with Crippen LogP contribution < -0.4 is 14.8 Å². The molecule has 3 atom stereocenters. The summed E-state index contributed by atoms with van der Waals surface area (Å²) < 4.78 is 10.7. The molecule has 34 heavy (non-hydrogen) atoms. The third-order valence-electron chi connectivity index (χ3n) is 6.09. The topological polar surface area (TPSA) is 125 Å². The molecule has 3 rings (SSSR count). The fourth-order valence-corrected chi connectivity index (χ4v) is 4.22. The summed E-state index contributed by atoms with van der Waals surface area (Å²) >= 11 is 0. The van der Waals surface area contributed by atoms with Gasteiger partial charge in [0.15, 0.2) is 11.5 Å². The molecule has 182 valence electrons. The fraction of sp³-hybridized carbons (Fsp3) is 0.400. The van der Waals surface area contributed by atoms with Crippen molar-refractivity contribution in [2.45, 2.75) is 50.9 Å². The Kier molecular flexibility index (Phi) is 8.12. The van der Waals surface area contributed by atoms with Gasteiger partial charge in [0.2, 0.25) is 5.91 Å². The molecule has 1 heterocycles. The van der Waals surface area contributed by atoms with Crippen LogP contribution in [0.2, 0.25) is 0 Å². The van der Waals surface area contributed by atoms with E-state index in [0.717, 1.165) is 16.7 Å². The SMILES string of the molecule is COc1cc2c(cc1OC)CN(C(=O)[C@H](C)NC(CCc1ccccc1)C(=O)O)[C@H](C(=O)O)C2. The molecule has 1 aliphatic rings. The van der Waals surface area contributed by atoms with Gasteiger partial charge in [0.1, 0.15) is 12.1 Å². The molecule has 0 saturated heterocycles. The fourth-order valence-electron chi connectivity index (χ4n) is 4.22. The van der Waals surface area contributed by atoms with Crippen LogP contribution in [0.1, 0.15) is 30.0 Å². The van der Waals surface area contributed by atoms with Crippen molar-refractivity contribution in [1.29, 1.82) is 0 Å². The smallest absolute Gasteiger partial charge is 0.326 e. The molecule has 0 aromatic heterocycles. The number of amides is 1. The minimum absolute atomic E-state index is 0.0687. The number of carboxylic acids is 2. The predicted molar refractivity (Wildman–Crippen MR) is 124 cm³/mol. The molecule has 0 aliphatic carbocycles. The zero-order valence-corrected chi connectivity index (χ0v) is 19.5. The first-order chi connectivity index (χ1) is 16.2. The number of methoxy groups -OCH3 is 2. The lowest BCUT2D eigenvalue weighted by Gasteiger charge is -2.37. The Balaban J connectivity index is 1.76. The van der Waals surface area contributed by atoms with Crippen molar-refractivity contribution in [3.05, 3.63) is 59.2 Å². The first-order valence-corrected chi connectivity index (χ1v) is 11.0. The Labute approximate surface area is 198 Å². The number of nitrogens with zero attached hydrogens (tertiary/aromatic N) is 1. The average Bonchev–Trinajstić information content (AvgIpc) is 2.84. The van der Waals surface area contributed by atoms with Crippen LogP contribution in [-0.2, 0) is 33.8 Å². The summed E-state index contributed by atoms with van der Waals surface area (Å²) in [6.45, 7) is 1.63. The summed E-state index contributed by atoms with van der Waals surface area (Å²) in [6.07, 6.45) is 0.932. The van der Waals surface area contributed by atoms with E-state index in [1.807, 2.05) is 30.3 Å². The van der Waals surface area contributed by atoms with Gasteiger partial charge in [0, 0.05) is 13.0 Å². The standard InChI is InChI=1S/C25H30N2O7/c1-15(26-19(24(29)30)10-9-16-7-5-4-6-8-16)23(28)27-14-18-13-22(34-3)21(33-2)12-17(18)11-20(27)25(31)32/h4-8,12-13,15,19-20,26H,9-11,14H2,1-3H3,(H,29,30)(H,31,32)/t15-,19?,20-/m0/s1. The third-order valence-corrected chi connectivity index (χ3v) is 6.09. The van der Waals surface area contributed by atoms with E-state index in [0.29, 0.717) is 24.3 Å². The Morgan fingerprint density at radius 3 is 2.24 bits per heavy atom. The molecular formula is C25H30N2O7. The van der Waals surface area contributed by atoms with Crippen molar-refractivity contribution in [2.75, 3.05) is 14.2 Å². The number of benzene rings is 2. The van der Waals surface area contributed by atoms with E-state index in [2.05, 4.69) is 5.32 Å². The number of aliphatic carboxylic acids is 2. The number of fused-ring (bicyclic) bond motifs is 1. The molecule has 0 saturated carbocycles. The minimum Gasteiger partial charge on any atom is -0.493 e. The lowest BCUT2D eigenvalue weighted by atomic mass is 9.92. The Morgan fingerprint density at radius 2 is 1.68 bits per heavy atom. The van der Waals surface area contributed by atoms with Crippen molar-refractivity contribution in [3.8, 4) is 11.5 Å². The van der Waals surface area contributed by atoms with Gasteiger partial charge in [-0.05, 0) is 48.6 Å². The monoisotopic (exact) mass is 470 g/mol. The number of carboxylic acid groups (broad SMARTS) is 2. The summed E-state index contributed by atoms with van der Waals surface area (Å²) in [7, 11) is 3.01.